The zero-order valence-electron chi connectivity index (χ0n) is 12.7. The normalized spacial score (nSPS) is 38.7. The maximum absolute atomic E-state index is 12.6. The molecule has 0 bridgehead atoms. The van der Waals surface area contributed by atoms with E-state index in [0.29, 0.717) is 12.0 Å². The SMILES string of the molecule is CC1CCCC(N)C1C(=O)NC1CCCCC1(C)C. The number of nitrogens with two attached hydrogens (primary N) is 1. The zero-order chi connectivity index (χ0) is 14.0. The summed E-state index contributed by atoms with van der Waals surface area (Å²) in [6, 6.07) is 0.380. The van der Waals surface area contributed by atoms with Crippen molar-refractivity contribution in [3.8, 4) is 0 Å². The number of nitrogens with one attached hydrogen (secondary N) is 1. The molecule has 0 aliphatic heterocycles. The van der Waals surface area contributed by atoms with Crippen LogP contribution in [0.5, 0.6) is 0 Å². The van der Waals surface area contributed by atoms with E-state index in [-0.39, 0.29) is 23.3 Å². The molecule has 3 heteroatoms. The molecule has 4 atom stereocenters. The first-order valence-corrected chi connectivity index (χ1v) is 7.98. The molecule has 0 radical (unpaired) electrons. The van der Waals surface area contributed by atoms with Crippen LogP contribution in [-0.2, 0) is 4.79 Å². The molecule has 2 aliphatic rings. The minimum Gasteiger partial charge on any atom is -0.353 e. The van der Waals surface area contributed by atoms with Crippen molar-refractivity contribution >= 4 is 5.91 Å². The van der Waals surface area contributed by atoms with E-state index in [1.807, 2.05) is 0 Å². The lowest BCUT2D eigenvalue weighted by molar-refractivity contribution is -0.130. The second-order valence-corrected chi connectivity index (χ2v) is 7.39. The van der Waals surface area contributed by atoms with E-state index in [9.17, 15) is 4.79 Å². The first kappa shape index (κ1) is 14.8. The summed E-state index contributed by atoms with van der Waals surface area (Å²) < 4.78 is 0. The van der Waals surface area contributed by atoms with Gasteiger partial charge in [0.05, 0.1) is 5.92 Å². The third-order valence-corrected chi connectivity index (χ3v) is 5.40. The van der Waals surface area contributed by atoms with E-state index in [1.165, 1.54) is 25.7 Å². The summed E-state index contributed by atoms with van der Waals surface area (Å²) in [6.45, 7) is 6.73. The molecule has 2 saturated carbocycles. The van der Waals surface area contributed by atoms with Gasteiger partial charge >= 0.3 is 0 Å². The van der Waals surface area contributed by atoms with Crippen molar-refractivity contribution in [2.24, 2.45) is 23.0 Å². The summed E-state index contributed by atoms with van der Waals surface area (Å²) in [5.41, 5.74) is 6.41. The fourth-order valence-corrected chi connectivity index (χ4v) is 3.94. The lowest BCUT2D eigenvalue weighted by Crippen LogP contribution is -2.53. The zero-order valence-corrected chi connectivity index (χ0v) is 12.7. The minimum absolute atomic E-state index is 0.0199. The average molecular weight is 266 g/mol. The fourth-order valence-electron chi connectivity index (χ4n) is 3.94. The van der Waals surface area contributed by atoms with Crippen molar-refractivity contribution in [1.29, 1.82) is 0 Å². The number of rotatable bonds is 2. The van der Waals surface area contributed by atoms with Crippen molar-refractivity contribution in [3.05, 3.63) is 0 Å². The van der Waals surface area contributed by atoms with E-state index in [2.05, 4.69) is 26.1 Å². The van der Waals surface area contributed by atoms with Gasteiger partial charge in [0.1, 0.15) is 0 Å². The van der Waals surface area contributed by atoms with Crippen LogP contribution in [0.2, 0.25) is 0 Å². The topological polar surface area (TPSA) is 55.1 Å². The predicted octanol–water partition coefficient (Wildman–Crippen LogP) is 2.83. The van der Waals surface area contributed by atoms with E-state index in [0.717, 1.165) is 19.3 Å². The Bertz CT molecular complexity index is 317. The Kier molecular flexibility index (Phi) is 4.54. The molecular weight excluding hydrogens is 236 g/mol. The summed E-state index contributed by atoms with van der Waals surface area (Å²) in [7, 11) is 0. The van der Waals surface area contributed by atoms with E-state index < -0.39 is 0 Å². The molecule has 3 N–H and O–H groups in total. The highest BCUT2D eigenvalue weighted by Gasteiger charge is 2.38. The summed E-state index contributed by atoms with van der Waals surface area (Å²) in [5.74, 6) is 0.654. The van der Waals surface area contributed by atoms with E-state index in [1.54, 1.807) is 0 Å². The monoisotopic (exact) mass is 266 g/mol. The highest BCUT2D eigenvalue weighted by Crippen LogP contribution is 2.36. The molecule has 2 aliphatic carbocycles. The van der Waals surface area contributed by atoms with Crippen LogP contribution in [0, 0.1) is 17.3 Å². The fraction of sp³-hybridized carbons (Fsp3) is 0.938. The van der Waals surface area contributed by atoms with Crippen molar-refractivity contribution in [1.82, 2.24) is 5.32 Å². The molecule has 110 valence electrons. The first-order chi connectivity index (χ1) is 8.92. The molecule has 3 nitrogen and oxygen atoms in total. The van der Waals surface area contributed by atoms with Gasteiger partial charge in [-0.1, -0.05) is 40.0 Å². The molecule has 0 saturated heterocycles. The van der Waals surface area contributed by atoms with Gasteiger partial charge in [-0.3, -0.25) is 4.79 Å². The Morgan fingerprint density at radius 3 is 2.53 bits per heavy atom. The Hall–Kier alpha value is -0.570. The first-order valence-electron chi connectivity index (χ1n) is 7.98. The van der Waals surface area contributed by atoms with Crippen LogP contribution in [0.4, 0.5) is 0 Å². The van der Waals surface area contributed by atoms with Gasteiger partial charge in [-0.15, -0.1) is 0 Å². The highest BCUT2D eigenvalue weighted by molar-refractivity contribution is 5.80. The van der Waals surface area contributed by atoms with E-state index >= 15 is 0 Å². The molecule has 19 heavy (non-hydrogen) atoms. The molecule has 0 aromatic heterocycles. The quantitative estimate of drug-likeness (QED) is 0.807. The van der Waals surface area contributed by atoms with Gasteiger partial charge in [0.2, 0.25) is 5.91 Å². The van der Waals surface area contributed by atoms with Crippen LogP contribution in [0.1, 0.15) is 65.7 Å². The number of hydrogen-bond donors (Lipinski definition) is 2. The molecule has 1 amide bonds. The summed E-state index contributed by atoms with van der Waals surface area (Å²) in [4.78, 5) is 12.6. The second-order valence-electron chi connectivity index (χ2n) is 7.39. The van der Waals surface area contributed by atoms with Crippen LogP contribution in [0.15, 0.2) is 0 Å². The standard InChI is InChI=1S/C16H30N2O/c1-11-7-6-8-12(17)14(11)15(19)18-13-9-4-5-10-16(13,2)3/h11-14H,4-10,17H2,1-3H3,(H,18,19). The van der Waals surface area contributed by atoms with Gasteiger partial charge in [-0.05, 0) is 37.0 Å². The Labute approximate surface area is 117 Å². The molecule has 0 spiro atoms. The van der Waals surface area contributed by atoms with Crippen molar-refractivity contribution < 1.29 is 4.79 Å². The molecule has 0 heterocycles. The number of carbonyl (C=O) groups excluding carboxylic acids is 1. The number of carbonyl (C=O) groups is 1. The van der Waals surface area contributed by atoms with Gasteiger partial charge in [-0.2, -0.15) is 0 Å². The second kappa shape index (κ2) is 5.82. The molecule has 2 rings (SSSR count). The van der Waals surface area contributed by atoms with Crippen LogP contribution >= 0.6 is 0 Å². The van der Waals surface area contributed by atoms with Gasteiger partial charge in [0, 0.05) is 12.1 Å². The summed E-state index contributed by atoms with van der Waals surface area (Å²) in [5, 5.41) is 3.32. The molecule has 2 fully saturated rings. The van der Waals surface area contributed by atoms with Crippen LogP contribution in [-0.4, -0.2) is 18.0 Å². The number of hydrogen-bond acceptors (Lipinski definition) is 2. The van der Waals surface area contributed by atoms with Crippen LogP contribution < -0.4 is 11.1 Å². The highest BCUT2D eigenvalue weighted by atomic mass is 16.2. The Morgan fingerprint density at radius 1 is 1.16 bits per heavy atom. The van der Waals surface area contributed by atoms with Crippen molar-refractivity contribution in [2.75, 3.05) is 0 Å². The Morgan fingerprint density at radius 2 is 1.89 bits per heavy atom. The number of amides is 1. The Balaban J connectivity index is 1.99. The van der Waals surface area contributed by atoms with Gasteiger partial charge in [-0.25, -0.2) is 0 Å². The molecule has 0 aromatic rings. The molecule has 0 aromatic carbocycles. The third kappa shape index (κ3) is 3.31. The lowest BCUT2D eigenvalue weighted by atomic mass is 9.72. The smallest absolute Gasteiger partial charge is 0.225 e. The maximum atomic E-state index is 12.6. The minimum atomic E-state index is 0.0199. The van der Waals surface area contributed by atoms with Crippen LogP contribution in [0.25, 0.3) is 0 Å². The van der Waals surface area contributed by atoms with Crippen LogP contribution in [0.3, 0.4) is 0 Å². The third-order valence-electron chi connectivity index (χ3n) is 5.40. The molecule has 4 unspecified atom stereocenters. The van der Waals surface area contributed by atoms with Gasteiger partial charge in [0.15, 0.2) is 0 Å². The predicted molar refractivity (Wildman–Crippen MR) is 78.7 cm³/mol. The van der Waals surface area contributed by atoms with Gasteiger partial charge in [0.25, 0.3) is 0 Å². The lowest BCUT2D eigenvalue weighted by Gasteiger charge is -2.41. The average Bonchev–Trinajstić information content (AvgIpc) is 2.31. The largest absolute Gasteiger partial charge is 0.353 e. The maximum Gasteiger partial charge on any atom is 0.225 e. The summed E-state index contributed by atoms with van der Waals surface area (Å²) >= 11 is 0. The summed E-state index contributed by atoms with van der Waals surface area (Å²) in [6.07, 6.45) is 8.16. The van der Waals surface area contributed by atoms with E-state index in [4.69, 9.17) is 5.73 Å². The molecular formula is C16H30N2O. The van der Waals surface area contributed by atoms with Crippen molar-refractivity contribution in [3.63, 3.8) is 0 Å². The van der Waals surface area contributed by atoms with Gasteiger partial charge < -0.3 is 11.1 Å². The van der Waals surface area contributed by atoms with Crippen molar-refractivity contribution in [2.45, 2.75) is 77.8 Å².